The summed E-state index contributed by atoms with van der Waals surface area (Å²) in [6.45, 7) is 0. The maximum Gasteiger partial charge on any atom is 0.0562 e. The average Bonchev–Trinajstić information content (AvgIpc) is 3.84. The summed E-state index contributed by atoms with van der Waals surface area (Å²) in [6, 6.07) is 82.1. The predicted octanol–water partition coefficient (Wildman–Crippen LogP) is 15.9. The van der Waals surface area contributed by atoms with Crippen LogP contribution in [0.2, 0.25) is 0 Å². The molecular formula is C58H37N3. The molecule has 284 valence electrons. The molecule has 3 nitrogen and oxygen atoms in total. The Morgan fingerprint density at radius 2 is 0.803 bits per heavy atom. The predicted molar refractivity (Wildman–Crippen MR) is 259 cm³/mol. The number of hydrogen-bond acceptors (Lipinski definition) is 1. The van der Waals surface area contributed by atoms with E-state index < -0.39 is 0 Å². The Kier molecular flexibility index (Phi) is 7.31. The van der Waals surface area contributed by atoms with Crippen molar-refractivity contribution in [3.63, 3.8) is 0 Å². The summed E-state index contributed by atoms with van der Waals surface area (Å²) in [6.07, 6.45) is 0. The smallest absolute Gasteiger partial charge is 0.0562 e. The summed E-state index contributed by atoms with van der Waals surface area (Å²) in [5, 5.41) is 12.8. The van der Waals surface area contributed by atoms with Crippen LogP contribution in [0.3, 0.4) is 0 Å². The highest BCUT2D eigenvalue weighted by Crippen LogP contribution is 2.46. The van der Waals surface area contributed by atoms with Gasteiger partial charge in [0.25, 0.3) is 0 Å². The molecule has 0 fully saturated rings. The van der Waals surface area contributed by atoms with Gasteiger partial charge in [-0.1, -0.05) is 146 Å². The quantitative estimate of drug-likeness (QED) is 0.153. The van der Waals surface area contributed by atoms with Crippen molar-refractivity contribution in [3.8, 4) is 22.5 Å². The zero-order valence-corrected chi connectivity index (χ0v) is 33.2. The first-order chi connectivity index (χ1) is 30.3. The Balaban J connectivity index is 1.02. The lowest BCUT2D eigenvalue weighted by atomic mass is 9.88. The maximum atomic E-state index is 2.47. The van der Waals surface area contributed by atoms with Crippen molar-refractivity contribution >= 4 is 93.0 Å². The van der Waals surface area contributed by atoms with E-state index in [4.69, 9.17) is 0 Å². The second-order valence-electron chi connectivity index (χ2n) is 16.1. The molecule has 13 rings (SSSR count). The largest absolute Gasteiger partial charge is 0.311 e. The van der Waals surface area contributed by atoms with Crippen molar-refractivity contribution in [3.05, 3.63) is 224 Å². The van der Waals surface area contributed by atoms with Crippen LogP contribution in [0.4, 0.5) is 17.1 Å². The molecule has 0 amide bonds. The van der Waals surface area contributed by atoms with E-state index in [1.165, 1.54) is 87.1 Å². The summed E-state index contributed by atoms with van der Waals surface area (Å²) in [5.41, 5.74) is 13.0. The Morgan fingerprint density at radius 1 is 0.279 bits per heavy atom. The van der Waals surface area contributed by atoms with Crippen molar-refractivity contribution < 1.29 is 0 Å². The van der Waals surface area contributed by atoms with E-state index >= 15 is 0 Å². The molecule has 0 saturated carbocycles. The van der Waals surface area contributed by atoms with E-state index in [1.807, 2.05) is 0 Å². The van der Waals surface area contributed by atoms with Gasteiger partial charge in [-0.25, -0.2) is 0 Å². The highest BCUT2D eigenvalue weighted by molar-refractivity contribution is 6.34. The fraction of sp³-hybridized carbons (Fsp3) is 0. The first-order valence-electron chi connectivity index (χ1n) is 21.0. The second-order valence-corrected chi connectivity index (χ2v) is 16.1. The van der Waals surface area contributed by atoms with Gasteiger partial charge in [-0.3, -0.25) is 0 Å². The van der Waals surface area contributed by atoms with Crippen LogP contribution in [-0.2, 0) is 0 Å². The van der Waals surface area contributed by atoms with Gasteiger partial charge in [0.1, 0.15) is 0 Å². The summed E-state index contributed by atoms with van der Waals surface area (Å²) in [4.78, 5) is 2.32. The molecule has 2 aromatic heterocycles. The number of hydrogen-bond donors (Lipinski definition) is 0. The number of para-hydroxylation sites is 5. The molecule has 0 aliphatic rings. The zero-order chi connectivity index (χ0) is 40.0. The molecule has 0 unspecified atom stereocenters. The molecule has 61 heavy (non-hydrogen) atoms. The topological polar surface area (TPSA) is 13.1 Å². The highest BCUT2D eigenvalue weighted by Gasteiger charge is 2.21. The van der Waals surface area contributed by atoms with Gasteiger partial charge in [0.05, 0.1) is 22.1 Å². The van der Waals surface area contributed by atoms with Gasteiger partial charge in [-0.2, -0.15) is 0 Å². The Labute approximate surface area is 352 Å². The molecule has 0 N–H and O–H groups in total. The van der Waals surface area contributed by atoms with E-state index in [1.54, 1.807) is 0 Å². The summed E-state index contributed by atoms with van der Waals surface area (Å²) < 4.78 is 4.89. The van der Waals surface area contributed by atoms with Crippen molar-refractivity contribution in [2.45, 2.75) is 0 Å². The molecule has 13 aromatic rings. The molecule has 0 bridgehead atoms. The number of anilines is 3. The molecule has 0 atom stereocenters. The lowest BCUT2D eigenvalue weighted by Crippen LogP contribution is -2.09. The fourth-order valence-corrected chi connectivity index (χ4v) is 10.2. The molecule has 0 aliphatic carbocycles. The van der Waals surface area contributed by atoms with Gasteiger partial charge < -0.3 is 14.0 Å². The third-order valence-corrected chi connectivity index (χ3v) is 12.8. The van der Waals surface area contributed by atoms with Crippen molar-refractivity contribution in [1.82, 2.24) is 9.13 Å². The van der Waals surface area contributed by atoms with Crippen LogP contribution in [0.1, 0.15) is 0 Å². The third kappa shape index (κ3) is 5.04. The fourth-order valence-electron chi connectivity index (χ4n) is 10.2. The molecule has 11 aromatic carbocycles. The van der Waals surface area contributed by atoms with Crippen LogP contribution in [0, 0.1) is 0 Å². The zero-order valence-electron chi connectivity index (χ0n) is 33.2. The van der Waals surface area contributed by atoms with Crippen LogP contribution in [0.5, 0.6) is 0 Å². The Morgan fingerprint density at radius 3 is 1.49 bits per heavy atom. The third-order valence-electron chi connectivity index (χ3n) is 12.8. The molecule has 0 aliphatic heterocycles. The minimum absolute atomic E-state index is 1.12. The van der Waals surface area contributed by atoms with Gasteiger partial charge >= 0.3 is 0 Å². The van der Waals surface area contributed by atoms with Gasteiger partial charge in [-0.15, -0.1) is 0 Å². The Bertz CT molecular complexity index is 3690. The number of nitrogens with zero attached hydrogens (tertiary/aromatic N) is 3. The van der Waals surface area contributed by atoms with Crippen LogP contribution in [-0.4, -0.2) is 9.13 Å². The summed E-state index contributed by atoms with van der Waals surface area (Å²) >= 11 is 0. The van der Waals surface area contributed by atoms with Crippen molar-refractivity contribution in [1.29, 1.82) is 0 Å². The molecule has 0 radical (unpaired) electrons. The SMILES string of the molecule is c1ccc(N(c2ccccc2)c2ccc(-c3ccc4ccc5c6c(ccc3c46)cc3c5c4ccc(-n5c6ccccc6c6ccccc65)cc4n3-c3ccccc3)cc2)cc1. The normalized spacial score (nSPS) is 11.9. The lowest BCUT2D eigenvalue weighted by molar-refractivity contribution is 1.16. The first kappa shape index (κ1) is 33.8. The standard InChI is InChI=1S/C58H37N3/c1-4-14-41(15-5-1)59(42-16-6-2-7-17-42)44-29-24-38(25-30-44)46-32-26-39-27-34-51-57-40(28-33-49(46)56(39)57)36-55-58(51)50-35-31-45(37-54(50)60(55)43-18-8-3-9-19-43)61-52-22-12-10-20-47(52)48-21-11-13-23-53(48)61/h1-37H. The number of rotatable bonds is 6. The van der Waals surface area contributed by atoms with Crippen LogP contribution >= 0.6 is 0 Å². The molecular weight excluding hydrogens is 739 g/mol. The van der Waals surface area contributed by atoms with Crippen LogP contribution < -0.4 is 4.90 Å². The van der Waals surface area contributed by atoms with E-state index in [0.717, 1.165) is 28.4 Å². The van der Waals surface area contributed by atoms with Gasteiger partial charge in [0.2, 0.25) is 0 Å². The molecule has 3 heteroatoms. The maximum absolute atomic E-state index is 2.47. The monoisotopic (exact) mass is 775 g/mol. The molecule has 2 heterocycles. The van der Waals surface area contributed by atoms with Crippen LogP contribution in [0.15, 0.2) is 224 Å². The van der Waals surface area contributed by atoms with E-state index in [-0.39, 0.29) is 0 Å². The van der Waals surface area contributed by atoms with Gasteiger partial charge in [0.15, 0.2) is 0 Å². The van der Waals surface area contributed by atoms with E-state index in [0.29, 0.717) is 0 Å². The minimum Gasteiger partial charge on any atom is -0.311 e. The molecule has 0 saturated heterocycles. The summed E-state index contributed by atoms with van der Waals surface area (Å²) in [5.74, 6) is 0. The number of benzene rings is 11. The summed E-state index contributed by atoms with van der Waals surface area (Å²) in [7, 11) is 0. The lowest BCUT2D eigenvalue weighted by Gasteiger charge is -2.25. The first-order valence-corrected chi connectivity index (χ1v) is 21.0. The minimum atomic E-state index is 1.12. The average molecular weight is 776 g/mol. The number of fused-ring (bicyclic) bond motifs is 7. The van der Waals surface area contributed by atoms with Gasteiger partial charge in [-0.05, 0) is 122 Å². The highest BCUT2D eigenvalue weighted by atomic mass is 15.1. The Hall–Kier alpha value is -8.14. The number of aromatic nitrogens is 2. The van der Waals surface area contributed by atoms with E-state index in [2.05, 4.69) is 238 Å². The van der Waals surface area contributed by atoms with Crippen molar-refractivity contribution in [2.75, 3.05) is 4.90 Å². The van der Waals surface area contributed by atoms with Crippen molar-refractivity contribution in [2.24, 2.45) is 0 Å². The van der Waals surface area contributed by atoms with Crippen LogP contribution in [0.25, 0.3) is 98.4 Å². The van der Waals surface area contributed by atoms with E-state index in [9.17, 15) is 0 Å². The second kappa shape index (κ2) is 13.2. The molecule has 0 spiro atoms. The van der Waals surface area contributed by atoms with Gasteiger partial charge in [0, 0.05) is 50.0 Å².